The van der Waals surface area contributed by atoms with Gasteiger partial charge in [0.2, 0.25) is 11.8 Å². The maximum atomic E-state index is 12.6. The zero-order chi connectivity index (χ0) is 19.6. The fraction of sp³-hybridized carbons (Fsp3) is 0.636. The van der Waals surface area contributed by atoms with Gasteiger partial charge in [0.25, 0.3) is 0 Å². The van der Waals surface area contributed by atoms with Crippen LogP contribution in [0.3, 0.4) is 0 Å². The van der Waals surface area contributed by atoms with Crippen LogP contribution in [0, 0.1) is 0 Å². The highest BCUT2D eigenvalue weighted by Gasteiger charge is 2.44. The third-order valence-corrected chi connectivity index (χ3v) is 6.54. The van der Waals surface area contributed by atoms with Crippen LogP contribution < -0.4 is 5.32 Å². The number of hydrogen-bond acceptors (Lipinski definition) is 4. The van der Waals surface area contributed by atoms with Crippen molar-refractivity contribution in [3.8, 4) is 0 Å². The van der Waals surface area contributed by atoms with Crippen LogP contribution in [0.15, 0.2) is 24.3 Å². The molecule has 4 rings (SSSR count). The largest absolute Gasteiger partial charge is 0.387 e. The number of carbonyl (C=O) groups excluding carboxylic acids is 2. The molecule has 6 heteroatoms. The second kappa shape index (κ2) is 8.21. The summed E-state index contributed by atoms with van der Waals surface area (Å²) in [6.45, 7) is 0.678. The summed E-state index contributed by atoms with van der Waals surface area (Å²) in [4.78, 5) is 26.1. The minimum absolute atomic E-state index is 0.0827. The van der Waals surface area contributed by atoms with Crippen LogP contribution in [-0.2, 0) is 26.3 Å². The Morgan fingerprint density at radius 3 is 2.61 bits per heavy atom. The number of fused-ring (bicyclic) bond motifs is 2. The highest BCUT2D eigenvalue weighted by atomic mass is 16.5. The van der Waals surface area contributed by atoms with E-state index in [9.17, 15) is 9.59 Å². The van der Waals surface area contributed by atoms with Crippen LogP contribution in [0.5, 0.6) is 0 Å². The maximum Gasteiger partial charge on any atom is 0.248 e. The summed E-state index contributed by atoms with van der Waals surface area (Å²) in [6, 6.07) is 8.64. The van der Waals surface area contributed by atoms with E-state index in [0.29, 0.717) is 38.4 Å². The first-order valence-electron chi connectivity index (χ1n) is 10.5. The quantitative estimate of drug-likeness (QED) is 0.828. The Labute approximate surface area is 166 Å². The first kappa shape index (κ1) is 19.4. The van der Waals surface area contributed by atoms with Gasteiger partial charge in [-0.3, -0.25) is 9.59 Å². The van der Waals surface area contributed by atoms with Gasteiger partial charge in [0.05, 0.1) is 18.1 Å². The fourth-order valence-corrected chi connectivity index (χ4v) is 5.09. The summed E-state index contributed by atoms with van der Waals surface area (Å²) in [5.41, 5.74) is 1.99. The average molecular weight is 386 g/mol. The van der Waals surface area contributed by atoms with Crippen molar-refractivity contribution in [3.05, 3.63) is 35.4 Å². The van der Waals surface area contributed by atoms with Gasteiger partial charge in [-0.25, -0.2) is 0 Å². The van der Waals surface area contributed by atoms with Crippen molar-refractivity contribution < 1.29 is 19.4 Å². The normalized spacial score (nSPS) is 24.2. The summed E-state index contributed by atoms with van der Waals surface area (Å²) in [5, 5.41) is 12.3. The fourth-order valence-electron chi connectivity index (χ4n) is 5.09. The van der Waals surface area contributed by atoms with E-state index in [1.807, 2.05) is 12.1 Å². The number of likely N-dealkylation sites (tertiary alicyclic amines) is 1. The number of hydrogen-bond donors (Lipinski definition) is 2. The smallest absolute Gasteiger partial charge is 0.248 e. The lowest BCUT2D eigenvalue weighted by Crippen LogP contribution is -2.51. The number of nitrogens with one attached hydrogen (secondary N) is 1. The van der Waals surface area contributed by atoms with E-state index in [-0.39, 0.29) is 17.9 Å². The van der Waals surface area contributed by atoms with Crippen LogP contribution in [0.2, 0.25) is 0 Å². The number of amides is 2. The van der Waals surface area contributed by atoms with Crippen molar-refractivity contribution in [2.45, 2.75) is 69.1 Å². The van der Waals surface area contributed by atoms with Gasteiger partial charge in [-0.15, -0.1) is 0 Å². The number of rotatable bonds is 4. The molecule has 1 aliphatic carbocycles. The molecule has 2 heterocycles. The van der Waals surface area contributed by atoms with Crippen LogP contribution in [0.25, 0.3) is 0 Å². The summed E-state index contributed by atoms with van der Waals surface area (Å²) in [6.07, 6.45) is 6.93. The predicted octanol–water partition coefficient (Wildman–Crippen LogP) is 1.89. The molecule has 1 saturated carbocycles. The monoisotopic (exact) mass is 386 g/mol. The molecule has 1 unspecified atom stereocenters. The van der Waals surface area contributed by atoms with E-state index >= 15 is 0 Å². The summed E-state index contributed by atoms with van der Waals surface area (Å²) >= 11 is 0. The number of aliphatic hydroxyl groups is 1. The van der Waals surface area contributed by atoms with Gasteiger partial charge in [-0.05, 0) is 43.2 Å². The van der Waals surface area contributed by atoms with Crippen LogP contribution >= 0.6 is 0 Å². The van der Waals surface area contributed by atoms with E-state index < -0.39 is 12.2 Å². The molecule has 1 aromatic carbocycles. The second-order valence-electron chi connectivity index (χ2n) is 8.39. The number of piperidine rings is 1. The van der Waals surface area contributed by atoms with Gasteiger partial charge in [0, 0.05) is 19.1 Å². The number of aliphatic hydroxyl groups excluding tert-OH is 1. The number of carbonyl (C=O) groups is 2. The number of ether oxygens (including phenoxy) is 1. The van der Waals surface area contributed by atoms with Crippen molar-refractivity contribution >= 4 is 11.8 Å². The lowest BCUT2D eigenvalue weighted by molar-refractivity contribution is -0.158. The number of benzene rings is 1. The van der Waals surface area contributed by atoms with Crippen LogP contribution in [-0.4, -0.2) is 53.7 Å². The van der Waals surface area contributed by atoms with Crippen molar-refractivity contribution in [1.29, 1.82) is 0 Å². The van der Waals surface area contributed by atoms with E-state index in [0.717, 1.165) is 19.3 Å². The molecule has 2 N–H and O–H groups in total. The van der Waals surface area contributed by atoms with E-state index in [2.05, 4.69) is 17.4 Å². The lowest BCUT2D eigenvalue weighted by atomic mass is 9.78. The molecule has 1 saturated heterocycles. The maximum absolute atomic E-state index is 12.6. The van der Waals surface area contributed by atoms with Gasteiger partial charge in [-0.1, -0.05) is 37.1 Å². The molecule has 28 heavy (non-hydrogen) atoms. The Bertz CT molecular complexity index is 721. The van der Waals surface area contributed by atoms with Gasteiger partial charge in [0.15, 0.2) is 0 Å². The Balaban J connectivity index is 1.47. The Morgan fingerprint density at radius 2 is 1.89 bits per heavy atom. The van der Waals surface area contributed by atoms with Crippen molar-refractivity contribution in [2.24, 2.45) is 0 Å². The molecule has 6 nitrogen and oxygen atoms in total. The van der Waals surface area contributed by atoms with Gasteiger partial charge in [0.1, 0.15) is 6.61 Å². The molecule has 2 aliphatic heterocycles. The molecule has 3 aliphatic rings. The molecular formula is C22H30N2O4. The highest BCUT2D eigenvalue weighted by molar-refractivity contribution is 5.77. The van der Waals surface area contributed by atoms with Crippen molar-refractivity contribution in [2.75, 3.05) is 19.7 Å². The summed E-state index contributed by atoms with van der Waals surface area (Å²) in [7, 11) is 0. The minimum atomic E-state index is -0.450. The first-order valence-corrected chi connectivity index (χ1v) is 10.5. The summed E-state index contributed by atoms with van der Waals surface area (Å²) < 4.78 is 6.58. The van der Waals surface area contributed by atoms with Gasteiger partial charge in [-0.2, -0.15) is 0 Å². The van der Waals surface area contributed by atoms with E-state index in [1.54, 1.807) is 4.90 Å². The molecule has 0 aromatic heterocycles. The molecule has 152 valence electrons. The molecule has 1 aromatic rings. The van der Waals surface area contributed by atoms with Gasteiger partial charge >= 0.3 is 0 Å². The van der Waals surface area contributed by atoms with Crippen molar-refractivity contribution in [1.82, 2.24) is 10.2 Å². The highest BCUT2D eigenvalue weighted by Crippen LogP contribution is 2.43. The second-order valence-corrected chi connectivity index (χ2v) is 8.39. The minimum Gasteiger partial charge on any atom is -0.387 e. The standard InChI is InChI=1S/C22H30N2O4/c25-15-21(27)24-11-9-22(10-12-24)19-8-4-1-5-16(19)13-18(28-22)14-20(26)23-17-6-2-3-7-17/h1,4-5,8,17-18,25H,2-3,6-7,9-15H2,(H,23,26). The zero-order valence-electron chi connectivity index (χ0n) is 16.4. The lowest BCUT2D eigenvalue weighted by Gasteiger charge is -2.47. The summed E-state index contributed by atoms with van der Waals surface area (Å²) in [5.74, 6) is -0.147. The molecular weight excluding hydrogens is 356 g/mol. The SMILES string of the molecule is O=C(CC1Cc2ccccc2C2(CCN(C(=O)CO)CC2)O1)NC1CCCC1. The third-order valence-electron chi connectivity index (χ3n) is 6.54. The van der Waals surface area contributed by atoms with Crippen LogP contribution in [0.4, 0.5) is 0 Å². The zero-order valence-corrected chi connectivity index (χ0v) is 16.4. The first-order chi connectivity index (χ1) is 13.6. The Kier molecular flexibility index (Phi) is 5.69. The third kappa shape index (κ3) is 3.94. The molecule has 2 fully saturated rings. The van der Waals surface area contributed by atoms with Crippen LogP contribution in [0.1, 0.15) is 56.1 Å². The van der Waals surface area contributed by atoms with E-state index in [4.69, 9.17) is 9.84 Å². The Hall–Kier alpha value is -1.92. The molecule has 1 atom stereocenters. The topological polar surface area (TPSA) is 78.9 Å². The molecule has 0 radical (unpaired) electrons. The van der Waals surface area contributed by atoms with Gasteiger partial charge < -0.3 is 20.1 Å². The molecule has 2 amide bonds. The molecule has 0 bridgehead atoms. The predicted molar refractivity (Wildman–Crippen MR) is 105 cm³/mol. The average Bonchev–Trinajstić information content (AvgIpc) is 3.21. The van der Waals surface area contributed by atoms with Crippen molar-refractivity contribution in [3.63, 3.8) is 0 Å². The van der Waals surface area contributed by atoms with E-state index in [1.165, 1.54) is 24.0 Å². The number of nitrogens with zero attached hydrogens (tertiary/aromatic N) is 1. The Morgan fingerprint density at radius 1 is 1.18 bits per heavy atom. The molecule has 1 spiro atoms.